The number of hydrogen-bond donors (Lipinski definition) is 1. The Labute approximate surface area is 152 Å². The molecule has 3 rings (SSSR count). The third-order valence-electron chi connectivity index (χ3n) is 4.36. The number of nitrogens with one attached hydrogen (secondary N) is 1. The van der Waals surface area contributed by atoms with Crippen LogP contribution in [0.5, 0.6) is 5.75 Å². The minimum atomic E-state index is -0.837. The number of halogens is 2. The standard InChI is InChI=1S/C16H16BrClN2O4/c17-11-8-10(18)4-5-12(11)24-13(21)9-20-14(22)16(19-15(20)23)6-2-1-3-7-16/h4-5,8H,1-3,6-7,9H2,(H,19,23). The van der Waals surface area contributed by atoms with Gasteiger partial charge in [-0.15, -0.1) is 0 Å². The lowest BCUT2D eigenvalue weighted by Gasteiger charge is -2.30. The molecule has 8 heteroatoms. The zero-order valence-corrected chi connectivity index (χ0v) is 15.2. The van der Waals surface area contributed by atoms with Gasteiger partial charge in [-0.05, 0) is 47.0 Å². The zero-order chi connectivity index (χ0) is 17.3. The van der Waals surface area contributed by atoms with Gasteiger partial charge in [-0.3, -0.25) is 9.69 Å². The maximum Gasteiger partial charge on any atom is 0.331 e. The number of ether oxygens (including phenoxy) is 1. The average molecular weight is 416 g/mol. The molecule has 0 aromatic heterocycles. The highest BCUT2D eigenvalue weighted by atomic mass is 79.9. The molecule has 1 saturated carbocycles. The van der Waals surface area contributed by atoms with Crippen molar-refractivity contribution in [1.82, 2.24) is 10.2 Å². The quantitative estimate of drug-likeness (QED) is 0.467. The molecule has 3 amide bonds. The SMILES string of the molecule is O=C(CN1C(=O)NC2(CCCCC2)C1=O)Oc1ccc(Cl)cc1Br. The molecule has 0 unspecified atom stereocenters. The topological polar surface area (TPSA) is 75.7 Å². The first-order valence-electron chi connectivity index (χ1n) is 7.71. The normalized spacial score (nSPS) is 19.5. The lowest BCUT2D eigenvalue weighted by molar-refractivity contribution is -0.141. The van der Waals surface area contributed by atoms with E-state index >= 15 is 0 Å². The molecule has 0 atom stereocenters. The van der Waals surface area contributed by atoms with Crippen molar-refractivity contribution in [3.8, 4) is 5.75 Å². The van der Waals surface area contributed by atoms with E-state index in [0.29, 0.717) is 22.3 Å². The van der Waals surface area contributed by atoms with E-state index < -0.39 is 24.1 Å². The Kier molecular flexibility index (Phi) is 4.83. The van der Waals surface area contributed by atoms with Crippen LogP contribution in [0.1, 0.15) is 32.1 Å². The van der Waals surface area contributed by atoms with Crippen molar-refractivity contribution in [2.24, 2.45) is 0 Å². The number of urea groups is 1. The lowest BCUT2D eigenvalue weighted by Crippen LogP contribution is -2.48. The number of benzene rings is 1. The van der Waals surface area contributed by atoms with Gasteiger partial charge in [-0.2, -0.15) is 0 Å². The smallest absolute Gasteiger partial charge is 0.331 e. The highest BCUT2D eigenvalue weighted by Gasteiger charge is 2.51. The number of esters is 1. The molecule has 1 N–H and O–H groups in total. The number of carbonyl (C=O) groups excluding carboxylic acids is 3. The summed E-state index contributed by atoms with van der Waals surface area (Å²) in [5.74, 6) is -0.738. The zero-order valence-electron chi connectivity index (χ0n) is 12.8. The summed E-state index contributed by atoms with van der Waals surface area (Å²) in [7, 11) is 0. The molecule has 1 saturated heterocycles. The van der Waals surface area contributed by atoms with Crippen LogP contribution >= 0.6 is 27.5 Å². The molecule has 128 valence electrons. The highest BCUT2D eigenvalue weighted by Crippen LogP contribution is 2.34. The second-order valence-electron chi connectivity index (χ2n) is 6.01. The fraction of sp³-hybridized carbons (Fsp3) is 0.438. The van der Waals surface area contributed by atoms with Crippen molar-refractivity contribution in [3.63, 3.8) is 0 Å². The second kappa shape index (κ2) is 6.72. The van der Waals surface area contributed by atoms with Crippen molar-refractivity contribution in [1.29, 1.82) is 0 Å². The van der Waals surface area contributed by atoms with Gasteiger partial charge in [0.1, 0.15) is 17.8 Å². The first-order chi connectivity index (χ1) is 11.4. The van der Waals surface area contributed by atoms with Crippen molar-refractivity contribution >= 4 is 45.4 Å². The monoisotopic (exact) mass is 414 g/mol. The lowest BCUT2D eigenvalue weighted by atomic mass is 9.82. The van der Waals surface area contributed by atoms with E-state index in [2.05, 4.69) is 21.2 Å². The fourth-order valence-corrected chi connectivity index (χ4v) is 3.92. The van der Waals surface area contributed by atoms with Crippen LogP contribution in [-0.4, -0.2) is 34.9 Å². The Morgan fingerprint density at radius 1 is 1.29 bits per heavy atom. The van der Waals surface area contributed by atoms with Crippen LogP contribution in [0, 0.1) is 0 Å². The molecule has 1 aliphatic carbocycles. The van der Waals surface area contributed by atoms with Crippen LogP contribution in [0.2, 0.25) is 5.02 Å². The number of imide groups is 1. The molecule has 2 fully saturated rings. The number of hydrogen-bond acceptors (Lipinski definition) is 4. The average Bonchev–Trinajstić information content (AvgIpc) is 2.75. The summed E-state index contributed by atoms with van der Waals surface area (Å²) < 4.78 is 5.73. The maximum atomic E-state index is 12.6. The van der Waals surface area contributed by atoms with E-state index in [9.17, 15) is 14.4 Å². The van der Waals surface area contributed by atoms with E-state index in [1.807, 2.05) is 0 Å². The summed E-state index contributed by atoms with van der Waals surface area (Å²) in [5.41, 5.74) is -0.837. The molecule has 0 bridgehead atoms. The summed E-state index contributed by atoms with van der Waals surface area (Å²) in [6.45, 7) is -0.415. The molecular formula is C16H16BrClN2O4. The minimum Gasteiger partial charge on any atom is -0.424 e. The van der Waals surface area contributed by atoms with Crippen molar-refractivity contribution < 1.29 is 19.1 Å². The minimum absolute atomic E-state index is 0.281. The van der Waals surface area contributed by atoms with Gasteiger partial charge in [-0.25, -0.2) is 9.59 Å². The molecule has 1 aromatic rings. The van der Waals surface area contributed by atoms with Gasteiger partial charge >= 0.3 is 12.0 Å². The van der Waals surface area contributed by atoms with Crippen LogP contribution in [0.4, 0.5) is 4.79 Å². The molecule has 2 aliphatic rings. The fourth-order valence-electron chi connectivity index (χ4n) is 3.16. The number of rotatable bonds is 3. The summed E-state index contributed by atoms with van der Waals surface area (Å²) >= 11 is 9.08. The number of carbonyl (C=O) groups is 3. The van der Waals surface area contributed by atoms with Gasteiger partial charge in [-0.1, -0.05) is 30.9 Å². The molecule has 1 spiro atoms. The molecule has 1 aliphatic heterocycles. The third-order valence-corrected chi connectivity index (χ3v) is 5.21. The maximum absolute atomic E-state index is 12.6. The van der Waals surface area contributed by atoms with Gasteiger partial charge in [0.15, 0.2) is 0 Å². The van der Waals surface area contributed by atoms with Crippen LogP contribution in [0.3, 0.4) is 0 Å². The van der Waals surface area contributed by atoms with Crippen LogP contribution in [0.25, 0.3) is 0 Å². The Hall–Kier alpha value is -1.60. The van der Waals surface area contributed by atoms with Gasteiger partial charge in [0.25, 0.3) is 5.91 Å². The molecule has 1 heterocycles. The first-order valence-corrected chi connectivity index (χ1v) is 8.88. The second-order valence-corrected chi connectivity index (χ2v) is 7.30. The number of amides is 3. The van der Waals surface area contributed by atoms with E-state index in [0.717, 1.165) is 24.2 Å². The molecule has 6 nitrogen and oxygen atoms in total. The Bertz CT molecular complexity index is 703. The van der Waals surface area contributed by atoms with Crippen LogP contribution < -0.4 is 10.1 Å². The summed E-state index contributed by atoms with van der Waals surface area (Å²) in [6, 6.07) is 4.18. The van der Waals surface area contributed by atoms with E-state index in [1.165, 1.54) is 0 Å². The Morgan fingerprint density at radius 3 is 2.67 bits per heavy atom. The first kappa shape index (κ1) is 17.2. The summed E-state index contributed by atoms with van der Waals surface area (Å²) in [4.78, 5) is 37.8. The summed E-state index contributed by atoms with van der Waals surface area (Å²) in [5, 5.41) is 3.26. The van der Waals surface area contributed by atoms with Gasteiger partial charge in [0, 0.05) is 5.02 Å². The van der Waals surface area contributed by atoms with Gasteiger partial charge in [0.2, 0.25) is 0 Å². The van der Waals surface area contributed by atoms with Crippen molar-refractivity contribution in [2.45, 2.75) is 37.6 Å². The van der Waals surface area contributed by atoms with Crippen LogP contribution in [-0.2, 0) is 9.59 Å². The Morgan fingerprint density at radius 2 is 2.00 bits per heavy atom. The van der Waals surface area contributed by atoms with Crippen LogP contribution in [0.15, 0.2) is 22.7 Å². The molecular weight excluding hydrogens is 400 g/mol. The molecule has 24 heavy (non-hydrogen) atoms. The van der Waals surface area contributed by atoms with E-state index in [1.54, 1.807) is 18.2 Å². The summed E-state index contributed by atoms with van der Waals surface area (Å²) in [6.07, 6.45) is 4.07. The van der Waals surface area contributed by atoms with E-state index in [4.69, 9.17) is 16.3 Å². The predicted molar refractivity (Wildman–Crippen MR) is 90.8 cm³/mol. The van der Waals surface area contributed by atoms with Gasteiger partial charge in [0.05, 0.1) is 4.47 Å². The number of nitrogens with zero attached hydrogens (tertiary/aromatic N) is 1. The molecule has 1 aromatic carbocycles. The third kappa shape index (κ3) is 3.28. The van der Waals surface area contributed by atoms with E-state index in [-0.39, 0.29) is 11.7 Å². The van der Waals surface area contributed by atoms with Crippen molar-refractivity contribution in [3.05, 3.63) is 27.7 Å². The predicted octanol–water partition coefficient (Wildman–Crippen LogP) is 3.26. The molecule has 0 radical (unpaired) electrons. The highest BCUT2D eigenvalue weighted by molar-refractivity contribution is 9.10. The largest absolute Gasteiger partial charge is 0.424 e. The van der Waals surface area contributed by atoms with Gasteiger partial charge < -0.3 is 10.1 Å². The Balaban J connectivity index is 1.68. The van der Waals surface area contributed by atoms with Crippen molar-refractivity contribution in [2.75, 3.05) is 6.54 Å².